The number of hydrogen-bond donors (Lipinski definition) is 1. The molecule has 1 aliphatic carbocycles. The summed E-state index contributed by atoms with van der Waals surface area (Å²) < 4.78 is 0. The third kappa shape index (κ3) is 2.26. The van der Waals surface area contributed by atoms with Crippen LogP contribution in [0.1, 0.15) is 19.3 Å². The molecule has 2 unspecified atom stereocenters. The minimum Gasteiger partial charge on any atom is -0.396 e. The molecule has 1 radical (unpaired) electrons. The van der Waals surface area contributed by atoms with Crippen LogP contribution >= 0.6 is 15.9 Å². The molecule has 2 heteroatoms. The summed E-state index contributed by atoms with van der Waals surface area (Å²) in [4.78, 5) is 0.614. The lowest BCUT2D eigenvalue weighted by Gasteiger charge is -2.23. The van der Waals surface area contributed by atoms with Crippen molar-refractivity contribution in [2.24, 2.45) is 5.92 Å². The van der Waals surface area contributed by atoms with Crippen LogP contribution in [-0.2, 0) is 0 Å². The maximum Gasteiger partial charge on any atom is 0.0459 e. The Morgan fingerprint density at radius 3 is 2.78 bits per heavy atom. The first-order chi connectivity index (χ1) is 4.33. The zero-order chi connectivity index (χ0) is 6.69. The molecule has 1 saturated carbocycles. The summed E-state index contributed by atoms with van der Waals surface area (Å²) in [5.41, 5.74) is 0. The van der Waals surface area contributed by atoms with Gasteiger partial charge in [-0.1, -0.05) is 15.9 Å². The molecule has 0 bridgehead atoms. The first kappa shape index (κ1) is 7.55. The lowest BCUT2D eigenvalue weighted by Crippen LogP contribution is -2.18. The van der Waals surface area contributed by atoms with Crippen molar-refractivity contribution in [1.82, 2.24) is 0 Å². The summed E-state index contributed by atoms with van der Waals surface area (Å²) in [5.74, 6) is 0.517. The molecule has 1 aliphatic rings. The molecule has 0 amide bonds. The highest BCUT2D eigenvalue weighted by atomic mass is 79.9. The van der Waals surface area contributed by atoms with E-state index in [9.17, 15) is 0 Å². The molecular weight excluding hydrogens is 180 g/mol. The smallest absolute Gasteiger partial charge is 0.0459 e. The molecule has 1 nitrogen and oxygen atoms in total. The third-order valence-corrected chi connectivity index (χ3v) is 2.52. The lowest BCUT2D eigenvalue weighted by molar-refractivity contribution is 0.207. The molecule has 0 aromatic heterocycles. The van der Waals surface area contributed by atoms with Crippen molar-refractivity contribution < 1.29 is 5.11 Å². The van der Waals surface area contributed by atoms with Crippen LogP contribution < -0.4 is 0 Å². The zero-order valence-electron chi connectivity index (χ0n) is 5.39. The van der Waals surface area contributed by atoms with E-state index in [1.165, 1.54) is 0 Å². The van der Waals surface area contributed by atoms with Crippen molar-refractivity contribution >= 4 is 15.9 Å². The second-order valence-electron chi connectivity index (χ2n) is 2.64. The van der Waals surface area contributed by atoms with Crippen molar-refractivity contribution in [3.63, 3.8) is 0 Å². The Hall–Kier alpha value is 0.440. The third-order valence-electron chi connectivity index (χ3n) is 1.77. The number of hydrogen-bond acceptors (Lipinski definition) is 1. The molecule has 0 aromatic carbocycles. The van der Waals surface area contributed by atoms with Crippen molar-refractivity contribution in [2.45, 2.75) is 24.1 Å². The van der Waals surface area contributed by atoms with Gasteiger partial charge in [0.25, 0.3) is 0 Å². The largest absolute Gasteiger partial charge is 0.396 e. The Morgan fingerprint density at radius 2 is 2.33 bits per heavy atom. The fourth-order valence-corrected chi connectivity index (χ4v) is 2.01. The predicted molar refractivity (Wildman–Crippen MR) is 41.4 cm³/mol. The van der Waals surface area contributed by atoms with E-state index in [0.29, 0.717) is 17.4 Å². The van der Waals surface area contributed by atoms with Crippen molar-refractivity contribution in [3.8, 4) is 0 Å². The molecule has 1 fully saturated rings. The second-order valence-corrected chi connectivity index (χ2v) is 3.94. The zero-order valence-corrected chi connectivity index (χ0v) is 6.97. The Labute approximate surface area is 64.6 Å². The Morgan fingerprint density at radius 1 is 1.56 bits per heavy atom. The second kappa shape index (κ2) is 3.57. The van der Waals surface area contributed by atoms with Gasteiger partial charge in [-0.2, -0.15) is 0 Å². The standard InChI is InChI=1S/C7H12BrO/c8-7-3-1-2-6(4-7)5-9/h1,6-7,9H,2-5H2. The van der Waals surface area contributed by atoms with Crippen molar-refractivity contribution in [1.29, 1.82) is 0 Å². The van der Waals surface area contributed by atoms with Crippen LogP contribution in [0, 0.1) is 12.3 Å². The van der Waals surface area contributed by atoms with Gasteiger partial charge in [0.15, 0.2) is 0 Å². The van der Waals surface area contributed by atoms with Gasteiger partial charge in [0.1, 0.15) is 0 Å². The van der Waals surface area contributed by atoms with Crippen molar-refractivity contribution in [2.75, 3.05) is 6.61 Å². The van der Waals surface area contributed by atoms with E-state index < -0.39 is 0 Å². The molecule has 0 saturated heterocycles. The van der Waals surface area contributed by atoms with Gasteiger partial charge in [0, 0.05) is 11.4 Å². The highest BCUT2D eigenvalue weighted by Crippen LogP contribution is 2.27. The molecule has 1 rings (SSSR count). The summed E-state index contributed by atoms with van der Waals surface area (Å²) in [6.45, 7) is 0.346. The Bertz CT molecular complexity index is 85.0. The number of alkyl halides is 1. The van der Waals surface area contributed by atoms with Gasteiger partial charge >= 0.3 is 0 Å². The van der Waals surface area contributed by atoms with Crippen LogP contribution in [-0.4, -0.2) is 16.5 Å². The lowest BCUT2D eigenvalue weighted by atomic mass is 9.90. The van der Waals surface area contributed by atoms with E-state index in [1.807, 2.05) is 0 Å². The molecule has 9 heavy (non-hydrogen) atoms. The van der Waals surface area contributed by atoms with Gasteiger partial charge < -0.3 is 5.11 Å². The molecule has 1 N–H and O–H groups in total. The minimum absolute atomic E-state index is 0.346. The molecular formula is C7H12BrO. The van der Waals surface area contributed by atoms with E-state index in [2.05, 4.69) is 22.4 Å². The average molecular weight is 192 g/mol. The number of rotatable bonds is 1. The summed E-state index contributed by atoms with van der Waals surface area (Å²) in [7, 11) is 0. The summed E-state index contributed by atoms with van der Waals surface area (Å²) in [5, 5.41) is 8.77. The van der Waals surface area contributed by atoms with Crippen LogP contribution in [0.3, 0.4) is 0 Å². The monoisotopic (exact) mass is 191 g/mol. The van der Waals surface area contributed by atoms with Gasteiger partial charge in [0.2, 0.25) is 0 Å². The van der Waals surface area contributed by atoms with Crippen molar-refractivity contribution in [3.05, 3.63) is 6.42 Å². The summed E-state index contributed by atoms with van der Waals surface area (Å²) in [6.07, 6.45) is 5.64. The molecule has 0 spiro atoms. The van der Waals surface area contributed by atoms with Gasteiger partial charge in [-0.05, 0) is 31.6 Å². The first-order valence-corrected chi connectivity index (χ1v) is 4.31. The quantitative estimate of drug-likeness (QED) is 0.627. The molecule has 0 aromatic rings. The van der Waals surface area contributed by atoms with Gasteiger partial charge in [-0.15, -0.1) is 0 Å². The molecule has 0 heterocycles. The number of aliphatic hydroxyl groups excluding tert-OH is 1. The van der Waals surface area contributed by atoms with Crippen LogP contribution in [0.2, 0.25) is 0 Å². The van der Waals surface area contributed by atoms with E-state index in [4.69, 9.17) is 5.11 Å². The van der Waals surface area contributed by atoms with E-state index >= 15 is 0 Å². The molecule has 0 aliphatic heterocycles. The number of aliphatic hydroxyl groups is 1. The SMILES string of the molecule is OCC1C[CH]CC(Br)C1. The van der Waals surface area contributed by atoms with E-state index in [-0.39, 0.29) is 0 Å². The van der Waals surface area contributed by atoms with Crippen LogP contribution in [0.15, 0.2) is 0 Å². The van der Waals surface area contributed by atoms with Gasteiger partial charge in [0.05, 0.1) is 0 Å². The molecule has 2 atom stereocenters. The van der Waals surface area contributed by atoms with Crippen LogP contribution in [0.5, 0.6) is 0 Å². The fourth-order valence-electron chi connectivity index (χ4n) is 1.22. The summed E-state index contributed by atoms with van der Waals surface area (Å²) >= 11 is 3.53. The van der Waals surface area contributed by atoms with Crippen LogP contribution in [0.4, 0.5) is 0 Å². The summed E-state index contributed by atoms with van der Waals surface area (Å²) in [6, 6.07) is 0. The first-order valence-electron chi connectivity index (χ1n) is 3.39. The maximum atomic E-state index is 8.77. The maximum absolute atomic E-state index is 8.77. The average Bonchev–Trinajstić information content (AvgIpc) is 1.88. The Kier molecular flexibility index (Phi) is 2.99. The van der Waals surface area contributed by atoms with E-state index in [1.54, 1.807) is 0 Å². The Balaban J connectivity index is 2.23. The number of halogens is 1. The fraction of sp³-hybridized carbons (Fsp3) is 0.857. The highest BCUT2D eigenvalue weighted by Gasteiger charge is 2.18. The molecule has 53 valence electrons. The topological polar surface area (TPSA) is 20.2 Å². The van der Waals surface area contributed by atoms with Crippen LogP contribution in [0.25, 0.3) is 0 Å². The highest BCUT2D eigenvalue weighted by molar-refractivity contribution is 9.09. The van der Waals surface area contributed by atoms with Gasteiger partial charge in [-0.25, -0.2) is 0 Å². The minimum atomic E-state index is 0.346. The normalized spacial score (nSPS) is 36.7. The van der Waals surface area contributed by atoms with E-state index in [0.717, 1.165) is 19.3 Å². The predicted octanol–water partition coefficient (Wildman–Crippen LogP) is 1.75. The van der Waals surface area contributed by atoms with Gasteiger partial charge in [-0.3, -0.25) is 0 Å².